The molecule has 0 bridgehead atoms. The Hall–Kier alpha value is -0.0600. The van der Waals surface area contributed by atoms with Crippen LogP contribution < -0.4 is 5.73 Å². The molecule has 0 amide bonds. The van der Waals surface area contributed by atoms with Crippen molar-refractivity contribution in [1.82, 2.24) is 4.98 Å². The highest BCUT2D eigenvalue weighted by Gasteiger charge is 2.26. The highest BCUT2D eigenvalue weighted by molar-refractivity contribution is 7.99. The fourth-order valence-electron chi connectivity index (χ4n) is 1.68. The van der Waals surface area contributed by atoms with E-state index in [0.29, 0.717) is 5.92 Å². The summed E-state index contributed by atoms with van der Waals surface area (Å²) >= 11 is 3.78. The maximum absolute atomic E-state index is 6.22. The zero-order valence-corrected chi connectivity index (χ0v) is 10.3. The zero-order valence-electron chi connectivity index (χ0n) is 8.62. The molecule has 1 aliphatic rings. The first kappa shape index (κ1) is 10.5. The quantitative estimate of drug-likeness (QED) is 0.845. The highest BCUT2D eigenvalue weighted by atomic mass is 32.2. The van der Waals surface area contributed by atoms with E-state index >= 15 is 0 Å². The third kappa shape index (κ3) is 1.97. The van der Waals surface area contributed by atoms with Crippen LogP contribution in [0.15, 0.2) is 0 Å². The Labute approximate surface area is 93.3 Å². The molecule has 0 saturated carbocycles. The maximum atomic E-state index is 6.22. The number of thioether (sulfide) groups is 1. The molecule has 4 heteroatoms. The molecule has 0 aromatic carbocycles. The molecule has 0 aliphatic carbocycles. The van der Waals surface area contributed by atoms with Crippen LogP contribution in [-0.4, -0.2) is 16.5 Å². The van der Waals surface area contributed by atoms with Gasteiger partial charge in [-0.05, 0) is 37.7 Å². The largest absolute Gasteiger partial charge is 0.322 e. The minimum atomic E-state index is 0.169. The van der Waals surface area contributed by atoms with Crippen LogP contribution in [0, 0.1) is 19.8 Å². The molecule has 2 N–H and O–H groups in total. The molecular weight excluding hydrogens is 212 g/mol. The molecule has 2 nitrogen and oxygen atoms in total. The minimum absolute atomic E-state index is 0.169. The molecular formula is C10H16N2S2. The van der Waals surface area contributed by atoms with E-state index in [1.165, 1.54) is 22.8 Å². The first-order valence-corrected chi connectivity index (χ1v) is 6.93. The molecule has 1 aromatic heterocycles. The lowest BCUT2D eigenvalue weighted by Crippen LogP contribution is -2.20. The van der Waals surface area contributed by atoms with Gasteiger partial charge >= 0.3 is 0 Å². The van der Waals surface area contributed by atoms with Crippen LogP contribution >= 0.6 is 23.1 Å². The lowest BCUT2D eigenvalue weighted by Gasteiger charge is -2.14. The second-order valence-corrected chi connectivity index (χ2v) is 6.23. The number of hydrogen-bond acceptors (Lipinski definition) is 4. The van der Waals surface area contributed by atoms with Gasteiger partial charge in [-0.25, -0.2) is 4.98 Å². The van der Waals surface area contributed by atoms with E-state index in [1.807, 2.05) is 11.8 Å². The number of nitrogens with zero attached hydrogens (tertiary/aromatic N) is 1. The van der Waals surface area contributed by atoms with Gasteiger partial charge in [-0.1, -0.05) is 0 Å². The minimum Gasteiger partial charge on any atom is -0.322 e. The van der Waals surface area contributed by atoms with Crippen molar-refractivity contribution >= 4 is 23.1 Å². The molecule has 2 atom stereocenters. The van der Waals surface area contributed by atoms with Crippen LogP contribution in [-0.2, 0) is 0 Å². The molecule has 78 valence electrons. The van der Waals surface area contributed by atoms with Crippen molar-refractivity contribution in [3.8, 4) is 0 Å². The van der Waals surface area contributed by atoms with Crippen molar-refractivity contribution < 1.29 is 0 Å². The van der Waals surface area contributed by atoms with Crippen LogP contribution in [0.4, 0.5) is 0 Å². The second kappa shape index (κ2) is 4.21. The molecule has 1 aliphatic heterocycles. The summed E-state index contributed by atoms with van der Waals surface area (Å²) in [5.74, 6) is 3.12. The molecule has 0 radical (unpaired) electrons. The first-order valence-electron chi connectivity index (χ1n) is 4.95. The van der Waals surface area contributed by atoms with Gasteiger partial charge in [0.2, 0.25) is 0 Å². The van der Waals surface area contributed by atoms with Gasteiger partial charge in [0, 0.05) is 4.88 Å². The molecule has 1 fully saturated rings. The van der Waals surface area contributed by atoms with E-state index in [1.54, 1.807) is 11.3 Å². The summed E-state index contributed by atoms with van der Waals surface area (Å²) in [7, 11) is 0. The van der Waals surface area contributed by atoms with Gasteiger partial charge in [-0.3, -0.25) is 0 Å². The Kier molecular flexibility index (Phi) is 3.14. The SMILES string of the molecule is Cc1nc(C(N)C2CCSC2)sc1C. The Bertz CT molecular complexity index is 296. The predicted octanol–water partition coefficient (Wildman–Crippen LogP) is 2.51. The second-order valence-electron chi connectivity index (χ2n) is 3.84. The number of aromatic nitrogens is 1. The van der Waals surface area contributed by atoms with Crippen LogP contribution in [0.5, 0.6) is 0 Å². The normalized spacial score (nSPS) is 24.1. The highest BCUT2D eigenvalue weighted by Crippen LogP contribution is 2.34. The maximum Gasteiger partial charge on any atom is 0.110 e. The predicted molar refractivity (Wildman–Crippen MR) is 63.9 cm³/mol. The van der Waals surface area contributed by atoms with Crippen molar-refractivity contribution in [2.75, 3.05) is 11.5 Å². The van der Waals surface area contributed by atoms with E-state index in [4.69, 9.17) is 5.73 Å². The molecule has 14 heavy (non-hydrogen) atoms. The smallest absolute Gasteiger partial charge is 0.110 e. The van der Waals surface area contributed by atoms with Crippen LogP contribution in [0.3, 0.4) is 0 Å². The molecule has 2 rings (SSSR count). The Morgan fingerprint density at radius 3 is 2.79 bits per heavy atom. The number of rotatable bonds is 2. The average Bonchev–Trinajstić information content (AvgIpc) is 2.76. The molecule has 0 spiro atoms. The molecule has 1 aromatic rings. The fraction of sp³-hybridized carbons (Fsp3) is 0.700. The Morgan fingerprint density at radius 1 is 1.50 bits per heavy atom. The van der Waals surface area contributed by atoms with E-state index < -0.39 is 0 Å². The van der Waals surface area contributed by atoms with Crippen molar-refractivity contribution in [2.24, 2.45) is 11.7 Å². The van der Waals surface area contributed by atoms with Crippen LogP contribution in [0.1, 0.15) is 28.0 Å². The number of hydrogen-bond donors (Lipinski definition) is 1. The van der Waals surface area contributed by atoms with Gasteiger partial charge in [0.15, 0.2) is 0 Å². The summed E-state index contributed by atoms with van der Waals surface area (Å²) in [6.45, 7) is 4.18. The van der Waals surface area contributed by atoms with Gasteiger partial charge in [0.25, 0.3) is 0 Å². The van der Waals surface area contributed by atoms with Crippen LogP contribution in [0.25, 0.3) is 0 Å². The molecule has 1 saturated heterocycles. The Morgan fingerprint density at radius 2 is 2.29 bits per heavy atom. The van der Waals surface area contributed by atoms with Gasteiger partial charge in [-0.15, -0.1) is 11.3 Å². The fourth-order valence-corrected chi connectivity index (χ4v) is 4.01. The van der Waals surface area contributed by atoms with Crippen molar-refractivity contribution in [3.05, 3.63) is 15.6 Å². The van der Waals surface area contributed by atoms with Crippen molar-refractivity contribution in [3.63, 3.8) is 0 Å². The summed E-state index contributed by atoms with van der Waals surface area (Å²) < 4.78 is 0. The molecule has 2 heterocycles. The Balaban J connectivity index is 2.13. The summed E-state index contributed by atoms with van der Waals surface area (Å²) in [6.07, 6.45) is 1.25. The van der Waals surface area contributed by atoms with Gasteiger partial charge < -0.3 is 5.73 Å². The summed E-state index contributed by atoms with van der Waals surface area (Å²) in [5.41, 5.74) is 7.36. The van der Waals surface area contributed by atoms with E-state index in [0.717, 1.165) is 10.7 Å². The van der Waals surface area contributed by atoms with Gasteiger partial charge in [0.1, 0.15) is 5.01 Å². The lowest BCUT2D eigenvalue weighted by molar-refractivity contribution is 0.480. The van der Waals surface area contributed by atoms with Crippen molar-refractivity contribution in [1.29, 1.82) is 0 Å². The standard InChI is InChI=1S/C10H16N2S2/c1-6-7(2)14-10(12-6)9(11)8-3-4-13-5-8/h8-9H,3-5,11H2,1-2H3. The number of aryl methyl sites for hydroxylation is 2. The van der Waals surface area contributed by atoms with Gasteiger partial charge in [-0.2, -0.15) is 11.8 Å². The average molecular weight is 228 g/mol. The number of nitrogens with two attached hydrogens (primary N) is 1. The lowest BCUT2D eigenvalue weighted by atomic mass is 10.0. The molecule has 2 unspecified atom stereocenters. The first-order chi connectivity index (χ1) is 6.68. The van der Waals surface area contributed by atoms with Crippen molar-refractivity contribution in [2.45, 2.75) is 26.3 Å². The van der Waals surface area contributed by atoms with E-state index in [9.17, 15) is 0 Å². The van der Waals surface area contributed by atoms with Crippen LogP contribution in [0.2, 0.25) is 0 Å². The van der Waals surface area contributed by atoms with Gasteiger partial charge in [0.05, 0.1) is 11.7 Å². The van der Waals surface area contributed by atoms with E-state index in [-0.39, 0.29) is 6.04 Å². The zero-order chi connectivity index (χ0) is 10.1. The monoisotopic (exact) mass is 228 g/mol. The summed E-state index contributed by atoms with van der Waals surface area (Å²) in [5, 5.41) is 1.13. The summed E-state index contributed by atoms with van der Waals surface area (Å²) in [6, 6.07) is 0.169. The topological polar surface area (TPSA) is 38.9 Å². The number of thiazole rings is 1. The summed E-state index contributed by atoms with van der Waals surface area (Å²) in [4.78, 5) is 5.85. The van der Waals surface area contributed by atoms with E-state index in [2.05, 4.69) is 18.8 Å². The third-order valence-corrected chi connectivity index (χ3v) is 5.17. The third-order valence-electron chi connectivity index (χ3n) is 2.80.